The van der Waals surface area contributed by atoms with Gasteiger partial charge in [0.05, 0.1) is 12.7 Å². The van der Waals surface area contributed by atoms with Crippen molar-refractivity contribution in [1.29, 1.82) is 0 Å². The molecule has 0 amide bonds. The van der Waals surface area contributed by atoms with Crippen LogP contribution in [-0.4, -0.2) is 26.1 Å². The van der Waals surface area contributed by atoms with Gasteiger partial charge in [-0.25, -0.2) is 0 Å². The Kier molecular flexibility index (Phi) is 10.7. The standard InChI is InChI=1S/C19H36O2Si/c1-7-8-9-10-11-12-13-14-15-16-18(17-20)21-22(5,6)19(2,3)4/h7,12-15,18,20H,1,8-11,16-17H2,2-6H3/b13-12+,15-14+/t18-/m0/s1. The van der Waals surface area contributed by atoms with Gasteiger partial charge in [-0.2, -0.15) is 0 Å². The minimum absolute atomic E-state index is 0.0851. The summed E-state index contributed by atoms with van der Waals surface area (Å²) in [6, 6.07) is 0. The van der Waals surface area contributed by atoms with E-state index in [9.17, 15) is 5.11 Å². The third kappa shape index (κ3) is 9.39. The highest BCUT2D eigenvalue weighted by atomic mass is 28.4. The lowest BCUT2D eigenvalue weighted by atomic mass is 10.2. The molecule has 0 fully saturated rings. The molecule has 0 unspecified atom stereocenters. The Morgan fingerprint density at radius 2 is 1.68 bits per heavy atom. The maximum atomic E-state index is 9.52. The minimum atomic E-state index is -1.80. The summed E-state index contributed by atoms with van der Waals surface area (Å²) in [7, 11) is -1.80. The Bertz CT molecular complexity index is 351. The van der Waals surface area contributed by atoms with Crippen molar-refractivity contribution < 1.29 is 9.53 Å². The summed E-state index contributed by atoms with van der Waals surface area (Å²) < 4.78 is 6.23. The zero-order chi connectivity index (χ0) is 17.1. The molecular formula is C19H36O2Si. The normalized spacial score (nSPS) is 14.8. The lowest BCUT2D eigenvalue weighted by Crippen LogP contribution is -2.44. The molecule has 22 heavy (non-hydrogen) atoms. The topological polar surface area (TPSA) is 29.5 Å². The second-order valence-corrected chi connectivity index (χ2v) is 12.1. The van der Waals surface area contributed by atoms with Gasteiger partial charge in [-0.15, -0.1) is 6.58 Å². The van der Waals surface area contributed by atoms with Gasteiger partial charge in [0.25, 0.3) is 0 Å². The summed E-state index contributed by atoms with van der Waals surface area (Å²) >= 11 is 0. The number of aliphatic hydroxyl groups is 1. The predicted molar refractivity (Wildman–Crippen MR) is 101 cm³/mol. The Labute approximate surface area is 139 Å². The highest BCUT2D eigenvalue weighted by molar-refractivity contribution is 6.74. The second-order valence-electron chi connectivity index (χ2n) is 7.35. The summed E-state index contributed by atoms with van der Waals surface area (Å²) in [4.78, 5) is 0. The Morgan fingerprint density at radius 3 is 2.23 bits per heavy atom. The quantitative estimate of drug-likeness (QED) is 0.231. The van der Waals surface area contributed by atoms with E-state index < -0.39 is 8.32 Å². The summed E-state index contributed by atoms with van der Waals surface area (Å²) in [5, 5.41) is 9.69. The third-order valence-corrected chi connectivity index (χ3v) is 8.82. The molecule has 2 nitrogen and oxygen atoms in total. The molecule has 0 aliphatic heterocycles. The maximum absolute atomic E-state index is 9.52. The van der Waals surface area contributed by atoms with E-state index in [-0.39, 0.29) is 17.7 Å². The SMILES string of the molecule is C=CCCCC/C=C/C=C/C[C@@H](CO)O[Si](C)(C)C(C)(C)C. The number of unbranched alkanes of at least 4 members (excludes halogenated alkanes) is 3. The Balaban J connectivity index is 4.11. The molecule has 0 spiro atoms. The van der Waals surface area contributed by atoms with E-state index in [1.54, 1.807) is 0 Å². The van der Waals surface area contributed by atoms with E-state index in [1.165, 1.54) is 12.8 Å². The maximum Gasteiger partial charge on any atom is 0.192 e. The summed E-state index contributed by atoms with van der Waals surface area (Å²) in [6.07, 6.45) is 15.7. The first kappa shape index (κ1) is 21.4. The monoisotopic (exact) mass is 324 g/mol. The van der Waals surface area contributed by atoms with Crippen molar-refractivity contribution in [2.75, 3.05) is 6.61 Å². The van der Waals surface area contributed by atoms with Gasteiger partial charge in [0.1, 0.15) is 0 Å². The molecule has 0 aliphatic rings. The van der Waals surface area contributed by atoms with Gasteiger partial charge in [-0.3, -0.25) is 0 Å². The molecule has 0 rings (SSSR count). The largest absolute Gasteiger partial charge is 0.411 e. The van der Waals surface area contributed by atoms with E-state index in [4.69, 9.17) is 4.43 Å². The van der Waals surface area contributed by atoms with Gasteiger partial charge >= 0.3 is 0 Å². The molecule has 1 atom stereocenters. The first-order valence-electron chi connectivity index (χ1n) is 8.46. The average Bonchev–Trinajstić information content (AvgIpc) is 2.42. The number of rotatable bonds is 11. The van der Waals surface area contributed by atoms with Crippen LogP contribution in [0.4, 0.5) is 0 Å². The van der Waals surface area contributed by atoms with Crippen LogP contribution in [0, 0.1) is 0 Å². The van der Waals surface area contributed by atoms with Crippen LogP contribution in [0.25, 0.3) is 0 Å². The molecule has 0 saturated heterocycles. The minimum Gasteiger partial charge on any atom is -0.411 e. The lowest BCUT2D eigenvalue weighted by Gasteiger charge is -2.38. The predicted octanol–water partition coefficient (Wildman–Crippen LogP) is 5.62. The number of allylic oxidation sites excluding steroid dienone is 4. The molecule has 0 aromatic carbocycles. The zero-order valence-electron chi connectivity index (χ0n) is 15.3. The summed E-state index contributed by atoms with van der Waals surface area (Å²) in [5.74, 6) is 0. The Hall–Kier alpha value is -0.643. The first-order chi connectivity index (χ1) is 10.2. The van der Waals surface area contributed by atoms with Gasteiger partial charge in [0.15, 0.2) is 8.32 Å². The molecule has 0 aromatic heterocycles. The molecule has 128 valence electrons. The van der Waals surface area contributed by atoms with Crippen LogP contribution in [0.15, 0.2) is 37.0 Å². The van der Waals surface area contributed by atoms with Crippen LogP contribution in [-0.2, 0) is 4.43 Å². The summed E-state index contributed by atoms with van der Waals surface area (Å²) in [5.41, 5.74) is 0. The molecule has 0 saturated carbocycles. The molecule has 0 bridgehead atoms. The van der Waals surface area contributed by atoms with Crippen molar-refractivity contribution >= 4 is 8.32 Å². The van der Waals surface area contributed by atoms with Crippen LogP contribution >= 0.6 is 0 Å². The molecule has 1 N–H and O–H groups in total. The Morgan fingerprint density at radius 1 is 1.09 bits per heavy atom. The van der Waals surface area contributed by atoms with Gasteiger partial charge < -0.3 is 9.53 Å². The van der Waals surface area contributed by atoms with Crippen LogP contribution in [0.3, 0.4) is 0 Å². The van der Waals surface area contributed by atoms with Gasteiger partial charge in [-0.1, -0.05) is 51.2 Å². The van der Waals surface area contributed by atoms with Crippen LogP contribution in [0.2, 0.25) is 18.1 Å². The van der Waals surface area contributed by atoms with Crippen molar-refractivity contribution in [2.24, 2.45) is 0 Å². The fourth-order valence-electron chi connectivity index (χ4n) is 1.79. The van der Waals surface area contributed by atoms with Crippen molar-refractivity contribution in [2.45, 2.75) is 77.1 Å². The third-order valence-electron chi connectivity index (χ3n) is 4.28. The fourth-order valence-corrected chi connectivity index (χ4v) is 3.15. The second kappa shape index (κ2) is 11.0. The molecule has 0 aromatic rings. The number of hydrogen-bond acceptors (Lipinski definition) is 2. The van der Waals surface area contributed by atoms with Crippen molar-refractivity contribution in [3.63, 3.8) is 0 Å². The van der Waals surface area contributed by atoms with Crippen molar-refractivity contribution in [3.8, 4) is 0 Å². The van der Waals surface area contributed by atoms with E-state index >= 15 is 0 Å². The highest BCUT2D eigenvalue weighted by Gasteiger charge is 2.38. The van der Waals surface area contributed by atoms with Gasteiger partial charge in [0.2, 0.25) is 0 Å². The van der Waals surface area contributed by atoms with E-state index in [1.807, 2.05) is 6.08 Å². The highest BCUT2D eigenvalue weighted by Crippen LogP contribution is 2.37. The van der Waals surface area contributed by atoms with Crippen LogP contribution < -0.4 is 0 Å². The summed E-state index contributed by atoms with van der Waals surface area (Å²) in [6.45, 7) is 14.9. The molecule has 0 aliphatic carbocycles. The lowest BCUT2D eigenvalue weighted by molar-refractivity contribution is 0.105. The molecule has 3 heteroatoms. The molecule has 0 radical (unpaired) electrons. The number of hydrogen-bond donors (Lipinski definition) is 1. The van der Waals surface area contributed by atoms with Crippen molar-refractivity contribution in [1.82, 2.24) is 0 Å². The van der Waals surface area contributed by atoms with Crippen LogP contribution in [0.1, 0.15) is 52.9 Å². The van der Waals surface area contributed by atoms with E-state index in [2.05, 4.69) is 64.7 Å². The van der Waals surface area contributed by atoms with E-state index in [0.717, 1.165) is 19.3 Å². The zero-order valence-corrected chi connectivity index (χ0v) is 16.3. The van der Waals surface area contributed by atoms with Crippen molar-refractivity contribution in [3.05, 3.63) is 37.0 Å². The van der Waals surface area contributed by atoms with Crippen LogP contribution in [0.5, 0.6) is 0 Å². The number of aliphatic hydroxyl groups excluding tert-OH is 1. The first-order valence-corrected chi connectivity index (χ1v) is 11.4. The average molecular weight is 325 g/mol. The molecular weight excluding hydrogens is 288 g/mol. The van der Waals surface area contributed by atoms with E-state index in [0.29, 0.717) is 0 Å². The van der Waals surface area contributed by atoms with Gasteiger partial charge in [0, 0.05) is 0 Å². The molecule has 0 heterocycles. The smallest absolute Gasteiger partial charge is 0.192 e. The fraction of sp³-hybridized carbons (Fsp3) is 0.684. The van der Waals surface area contributed by atoms with Gasteiger partial charge in [-0.05, 0) is 50.2 Å².